The summed E-state index contributed by atoms with van der Waals surface area (Å²) < 4.78 is 25.8. The quantitative estimate of drug-likeness (QED) is 0.673. The highest BCUT2D eigenvalue weighted by Gasteiger charge is 2.22. The van der Waals surface area contributed by atoms with Crippen LogP contribution in [0.2, 0.25) is 0 Å². The van der Waals surface area contributed by atoms with E-state index in [2.05, 4.69) is 23.5 Å². The number of anilines is 1. The summed E-state index contributed by atoms with van der Waals surface area (Å²) in [5.74, 6) is -0.324. The molecule has 2 aromatic rings. The molecule has 5 nitrogen and oxygen atoms in total. The molecule has 0 bridgehead atoms. The fourth-order valence-electron chi connectivity index (χ4n) is 3.69. The maximum absolute atomic E-state index is 12.7. The van der Waals surface area contributed by atoms with Gasteiger partial charge < -0.3 is 5.32 Å². The van der Waals surface area contributed by atoms with Crippen LogP contribution >= 0.6 is 11.8 Å². The van der Waals surface area contributed by atoms with Crippen molar-refractivity contribution in [3.63, 3.8) is 0 Å². The maximum Gasteiger partial charge on any atom is 0.241 e. The third kappa shape index (κ3) is 5.54. The van der Waals surface area contributed by atoms with Gasteiger partial charge in [0.05, 0.1) is 18.0 Å². The van der Waals surface area contributed by atoms with Gasteiger partial charge in [0.1, 0.15) is 6.54 Å². The second-order valence-corrected chi connectivity index (χ2v) is 10.3. The number of carbonyl (C=O) groups is 1. The molecular weight excluding hydrogens is 404 g/mol. The van der Waals surface area contributed by atoms with Gasteiger partial charge in [0.25, 0.3) is 0 Å². The molecule has 29 heavy (non-hydrogen) atoms. The van der Waals surface area contributed by atoms with Crippen molar-refractivity contribution in [3.8, 4) is 0 Å². The van der Waals surface area contributed by atoms with E-state index in [0.717, 1.165) is 33.9 Å². The van der Waals surface area contributed by atoms with E-state index in [0.29, 0.717) is 5.69 Å². The molecule has 0 heterocycles. The minimum Gasteiger partial charge on any atom is -0.348 e. The van der Waals surface area contributed by atoms with Gasteiger partial charge in [-0.25, -0.2) is 8.42 Å². The molecule has 0 unspecified atom stereocenters. The van der Waals surface area contributed by atoms with E-state index in [4.69, 9.17) is 0 Å². The molecule has 2 aromatic carbocycles. The number of hydrogen-bond donors (Lipinski definition) is 1. The van der Waals surface area contributed by atoms with Crippen molar-refractivity contribution in [1.82, 2.24) is 5.32 Å². The van der Waals surface area contributed by atoms with E-state index in [1.165, 1.54) is 35.7 Å². The van der Waals surface area contributed by atoms with Crippen molar-refractivity contribution < 1.29 is 13.2 Å². The molecule has 0 aliphatic heterocycles. The second kappa shape index (κ2) is 9.22. The molecule has 1 amide bonds. The minimum atomic E-state index is -3.59. The zero-order chi connectivity index (χ0) is 21.0. The summed E-state index contributed by atoms with van der Waals surface area (Å²) in [5.41, 5.74) is 4.31. The number of nitrogens with one attached hydrogen (secondary N) is 1. The van der Waals surface area contributed by atoms with Gasteiger partial charge in [0.15, 0.2) is 0 Å². The first-order valence-electron chi connectivity index (χ1n) is 9.81. The summed E-state index contributed by atoms with van der Waals surface area (Å²) in [4.78, 5) is 13.6. The average Bonchev–Trinajstić information content (AvgIpc) is 2.70. The molecule has 0 saturated heterocycles. The Hall–Kier alpha value is -1.99. The topological polar surface area (TPSA) is 66.5 Å². The van der Waals surface area contributed by atoms with Gasteiger partial charge in [-0.05, 0) is 73.8 Å². The molecule has 1 aliphatic carbocycles. The van der Waals surface area contributed by atoms with Crippen molar-refractivity contribution in [2.75, 3.05) is 23.4 Å². The summed E-state index contributed by atoms with van der Waals surface area (Å²) in [6, 6.07) is 13.4. The van der Waals surface area contributed by atoms with Crippen LogP contribution < -0.4 is 9.62 Å². The minimum absolute atomic E-state index is 0.186. The highest BCUT2D eigenvalue weighted by atomic mass is 32.2. The molecule has 156 valence electrons. The first kappa shape index (κ1) is 21.7. The molecule has 1 atom stereocenters. The highest BCUT2D eigenvalue weighted by Crippen LogP contribution is 2.26. The summed E-state index contributed by atoms with van der Waals surface area (Å²) in [7, 11) is -3.59. The highest BCUT2D eigenvalue weighted by molar-refractivity contribution is 7.98. The number of aryl methyl sites for hydroxylation is 2. The van der Waals surface area contributed by atoms with Crippen LogP contribution in [0.1, 0.15) is 42.5 Å². The van der Waals surface area contributed by atoms with Gasteiger partial charge in [0.2, 0.25) is 15.9 Å². The zero-order valence-corrected chi connectivity index (χ0v) is 18.8. The molecule has 1 aliphatic rings. The van der Waals surface area contributed by atoms with E-state index in [-0.39, 0.29) is 18.5 Å². The van der Waals surface area contributed by atoms with Crippen LogP contribution in [-0.4, -0.2) is 33.4 Å². The number of hydrogen-bond acceptors (Lipinski definition) is 4. The Labute approximate surface area is 177 Å². The Bertz CT molecular complexity index is 989. The zero-order valence-electron chi connectivity index (χ0n) is 17.1. The number of nitrogens with zero attached hydrogens (tertiary/aromatic N) is 1. The van der Waals surface area contributed by atoms with E-state index in [9.17, 15) is 13.2 Å². The van der Waals surface area contributed by atoms with Crippen LogP contribution in [-0.2, 0) is 27.7 Å². The molecule has 0 radical (unpaired) electrons. The fourth-order valence-corrected chi connectivity index (χ4v) is 4.99. The molecule has 7 heteroatoms. The molecular formula is C22H28N2O3S2. The maximum atomic E-state index is 12.7. The second-order valence-electron chi connectivity index (χ2n) is 7.50. The summed E-state index contributed by atoms with van der Waals surface area (Å²) >= 11 is 1.53. The number of carbonyl (C=O) groups excluding carboxylic acids is 1. The smallest absolute Gasteiger partial charge is 0.241 e. The van der Waals surface area contributed by atoms with E-state index in [1.807, 2.05) is 19.2 Å². The lowest BCUT2D eigenvalue weighted by Gasteiger charge is -2.24. The Kier molecular flexibility index (Phi) is 6.90. The van der Waals surface area contributed by atoms with Crippen molar-refractivity contribution >= 4 is 33.4 Å². The standard InChI is InChI=1S/C22H28N2O3S2/c1-16(18-12-11-17-7-4-5-8-19(17)13-18)23-22(25)15-24(29(3,26)27)20-9-6-10-21(14-20)28-2/h6,9-14,16H,4-5,7-8,15H2,1-3H3,(H,23,25)/t16-/m0/s1. The van der Waals surface area contributed by atoms with Crippen LogP contribution in [0.5, 0.6) is 0 Å². The lowest BCUT2D eigenvalue weighted by Crippen LogP contribution is -2.41. The van der Waals surface area contributed by atoms with Gasteiger partial charge in [-0.1, -0.05) is 24.3 Å². The van der Waals surface area contributed by atoms with Crippen molar-refractivity contribution in [2.45, 2.75) is 43.5 Å². The first-order valence-corrected chi connectivity index (χ1v) is 12.9. The largest absolute Gasteiger partial charge is 0.348 e. The number of benzene rings is 2. The Morgan fingerprint density at radius 2 is 1.86 bits per heavy atom. The van der Waals surface area contributed by atoms with Crippen molar-refractivity contribution in [1.29, 1.82) is 0 Å². The predicted octanol–water partition coefficient (Wildman–Crippen LogP) is 3.93. The normalized spacial score (nSPS) is 14.7. The van der Waals surface area contributed by atoms with Crippen LogP contribution in [0.4, 0.5) is 5.69 Å². The summed E-state index contributed by atoms with van der Waals surface area (Å²) in [6.45, 7) is 1.69. The van der Waals surface area contributed by atoms with E-state index < -0.39 is 10.0 Å². The van der Waals surface area contributed by atoms with Gasteiger partial charge >= 0.3 is 0 Å². The SMILES string of the molecule is CSc1cccc(N(CC(=O)N[C@@H](C)c2ccc3c(c2)CCCC3)S(C)(=O)=O)c1. The number of rotatable bonds is 7. The van der Waals surface area contributed by atoms with Crippen LogP contribution in [0, 0.1) is 0 Å². The molecule has 0 fully saturated rings. The third-order valence-electron chi connectivity index (χ3n) is 5.28. The number of amides is 1. The van der Waals surface area contributed by atoms with Gasteiger partial charge in [-0.3, -0.25) is 9.10 Å². The Morgan fingerprint density at radius 3 is 2.55 bits per heavy atom. The average molecular weight is 433 g/mol. The Morgan fingerprint density at radius 1 is 1.14 bits per heavy atom. The molecule has 0 aromatic heterocycles. The van der Waals surface area contributed by atoms with Crippen LogP contribution in [0.25, 0.3) is 0 Å². The van der Waals surface area contributed by atoms with Gasteiger partial charge in [-0.2, -0.15) is 0 Å². The van der Waals surface area contributed by atoms with Gasteiger partial charge in [0, 0.05) is 4.90 Å². The lowest BCUT2D eigenvalue weighted by atomic mass is 9.89. The molecule has 3 rings (SSSR count). The van der Waals surface area contributed by atoms with Crippen LogP contribution in [0.15, 0.2) is 47.4 Å². The molecule has 0 spiro atoms. The van der Waals surface area contributed by atoms with Gasteiger partial charge in [-0.15, -0.1) is 11.8 Å². The first-order chi connectivity index (χ1) is 13.8. The van der Waals surface area contributed by atoms with Crippen molar-refractivity contribution in [3.05, 3.63) is 59.2 Å². The number of fused-ring (bicyclic) bond motifs is 1. The summed E-state index contributed by atoms with van der Waals surface area (Å²) in [6.07, 6.45) is 7.69. The van der Waals surface area contributed by atoms with E-state index >= 15 is 0 Å². The van der Waals surface area contributed by atoms with Crippen LogP contribution in [0.3, 0.4) is 0 Å². The lowest BCUT2D eigenvalue weighted by molar-refractivity contribution is -0.120. The number of sulfonamides is 1. The number of thioether (sulfide) groups is 1. The third-order valence-corrected chi connectivity index (χ3v) is 7.14. The Balaban J connectivity index is 1.73. The molecule has 0 saturated carbocycles. The summed E-state index contributed by atoms with van der Waals surface area (Å²) in [5, 5.41) is 2.95. The predicted molar refractivity (Wildman–Crippen MR) is 120 cm³/mol. The molecule has 1 N–H and O–H groups in total. The van der Waals surface area contributed by atoms with Crippen molar-refractivity contribution in [2.24, 2.45) is 0 Å². The van der Waals surface area contributed by atoms with E-state index in [1.54, 1.807) is 18.2 Å². The monoisotopic (exact) mass is 432 g/mol. The fraction of sp³-hybridized carbons (Fsp3) is 0.409.